The van der Waals surface area contributed by atoms with Crippen molar-refractivity contribution in [1.82, 2.24) is 0 Å². The topological polar surface area (TPSA) is 43.1 Å². The maximum atomic E-state index is 12.0. The maximum absolute atomic E-state index is 12.0. The number of allylic oxidation sites excluding steroid dienone is 1. The van der Waals surface area contributed by atoms with Crippen molar-refractivity contribution >= 4 is 23.1 Å². The molecule has 1 amide bonds. The first kappa shape index (κ1) is 6.25. The van der Waals surface area contributed by atoms with E-state index in [0.717, 1.165) is 0 Å². The van der Waals surface area contributed by atoms with Gasteiger partial charge in [0.05, 0.1) is 7.29 Å². The van der Waals surface area contributed by atoms with Crippen LogP contribution in [0.4, 0.5) is 0 Å². The minimum absolute atomic E-state index is 0.0390. The second-order valence-corrected chi connectivity index (χ2v) is 4.85. The van der Waals surface area contributed by atoms with Crippen LogP contribution in [0.15, 0.2) is 17.7 Å². The van der Waals surface area contributed by atoms with Crippen LogP contribution in [-0.4, -0.2) is 5.91 Å². The summed E-state index contributed by atoms with van der Waals surface area (Å²) in [6.45, 7) is 1.69. The number of aryl methyl sites for hydroxylation is 1. The summed E-state index contributed by atoms with van der Waals surface area (Å²) in [6, 6.07) is 1.51. The summed E-state index contributed by atoms with van der Waals surface area (Å²) in [5.74, 6) is -2.67. The smallest absolute Gasteiger partial charge is 0.224 e. The highest BCUT2D eigenvalue weighted by Gasteiger charge is 2.33. The summed E-state index contributed by atoms with van der Waals surface area (Å²) in [6.07, 6.45) is -8.57. The molecule has 3 rings (SSSR count). The Balaban J connectivity index is 2.42. The van der Waals surface area contributed by atoms with Gasteiger partial charge in [-0.2, -0.15) is 0 Å². The van der Waals surface area contributed by atoms with Crippen LogP contribution >= 0.6 is 11.6 Å². The lowest BCUT2D eigenvalue weighted by Gasteiger charge is -2.22. The molecular weight excluding hydrogens is 246 g/mol. The van der Waals surface area contributed by atoms with Gasteiger partial charge in [-0.05, 0) is 66.3 Å². The van der Waals surface area contributed by atoms with Crippen LogP contribution in [-0.2, 0) is 11.2 Å². The number of carbonyl (C=O) groups is 1. The third-order valence-electron chi connectivity index (χ3n) is 3.28. The number of halogens is 1. The van der Waals surface area contributed by atoms with Crippen molar-refractivity contribution in [2.45, 2.75) is 32.5 Å². The highest BCUT2D eigenvalue weighted by atomic mass is 35.5. The van der Waals surface area contributed by atoms with Crippen LogP contribution in [0.5, 0.6) is 0 Å². The third kappa shape index (κ3) is 1.67. The summed E-state index contributed by atoms with van der Waals surface area (Å²) < 4.78 is 57.3. The molecule has 1 atom stereocenters. The van der Waals surface area contributed by atoms with Crippen LogP contribution in [0.1, 0.15) is 45.4 Å². The highest BCUT2D eigenvalue weighted by molar-refractivity contribution is 6.31. The molecule has 2 aliphatic rings. The largest absolute Gasteiger partial charge is 0.369 e. The van der Waals surface area contributed by atoms with Crippen LogP contribution < -0.4 is 5.73 Å². The van der Waals surface area contributed by atoms with Gasteiger partial charge in [0, 0.05) is 13.2 Å². The SMILES string of the molecule is [2H]c1c(Cl)c(C)cc2c1C1=C(C2)C(C(N)=O)C([2H])([2H])C([2H])([2H])C1([2H])[2H]. The highest BCUT2D eigenvalue weighted by Crippen LogP contribution is 2.45. The number of amides is 1. The van der Waals surface area contributed by atoms with E-state index in [1.54, 1.807) is 13.0 Å². The molecule has 0 heterocycles. The fourth-order valence-corrected chi connectivity index (χ4v) is 2.54. The molecule has 0 spiro atoms. The molecule has 0 aromatic heterocycles. The van der Waals surface area contributed by atoms with Gasteiger partial charge in [-0.1, -0.05) is 17.7 Å². The van der Waals surface area contributed by atoms with Gasteiger partial charge in [0.25, 0.3) is 0 Å². The normalized spacial score (nSPS) is 35.9. The second-order valence-electron chi connectivity index (χ2n) is 4.47. The molecule has 18 heavy (non-hydrogen) atoms. The summed E-state index contributed by atoms with van der Waals surface area (Å²) in [7, 11) is 0. The van der Waals surface area contributed by atoms with Gasteiger partial charge in [0.15, 0.2) is 0 Å². The maximum Gasteiger partial charge on any atom is 0.224 e. The van der Waals surface area contributed by atoms with E-state index in [1.807, 2.05) is 0 Å². The Labute approximate surface area is 122 Å². The van der Waals surface area contributed by atoms with Crippen molar-refractivity contribution in [3.05, 3.63) is 39.4 Å². The predicted molar refractivity (Wildman–Crippen MR) is 73.3 cm³/mol. The van der Waals surface area contributed by atoms with Gasteiger partial charge in [-0.3, -0.25) is 4.79 Å². The van der Waals surface area contributed by atoms with Gasteiger partial charge >= 0.3 is 0 Å². The molecule has 94 valence electrons. The lowest BCUT2D eigenvalue weighted by Crippen LogP contribution is -2.27. The van der Waals surface area contributed by atoms with E-state index in [2.05, 4.69) is 0 Å². The Morgan fingerprint density at radius 3 is 3.17 bits per heavy atom. The van der Waals surface area contributed by atoms with Crippen LogP contribution in [0.3, 0.4) is 0 Å². The van der Waals surface area contributed by atoms with Gasteiger partial charge < -0.3 is 5.73 Å². The lowest BCUT2D eigenvalue weighted by atomic mass is 9.82. The number of fused-ring (bicyclic) bond motifs is 2. The zero-order valence-corrected chi connectivity index (χ0v) is 10.5. The third-order valence-corrected chi connectivity index (χ3v) is 3.67. The number of hydrogen-bond donors (Lipinski definition) is 1. The first-order chi connectivity index (χ1) is 11.3. The Hall–Kier alpha value is -1.28. The lowest BCUT2D eigenvalue weighted by molar-refractivity contribution is -0.121. The average Bonchev–Trinajstić information content (AvgIpc) is 2.82. The summed E-state index contributed by atoms with van der Waals surface area (Å²) in [5, 5.41) is 0.119. The number of carbonyl (C=O) groups excluding carboxylic acids is 1. The molecule has 0 saturated heterocycles. The Morgan fingerprint density at radius 2 is 2.44 bits per heavy atom. The molecule has 2 N–H and O–H groups in total. The van der Waals surface area contributed by atoms with E-state index < -0.39 is 30.9 Å². The van der Waals surface area contributed by atoms with E-state index in [1.165, 1.54) is 0 Å². The van der Waals surface area contributed by atoms with Crippen LogP contribution in [0, 0.1) is 12.8 Å². The van der Waals surface area contributed by atoms with Crippen molar-refractivity contribution < 1.29 is 14.4 Å². The second kappa shape index (κ2) is 4.13. The van der Waals surface area contributed by atoms with E-state index in [0.29, 0.717) is 11.1 Å². The van der Waals surface area contributed by atoms with Gasteiger partial charge in [-0.25, -0.2) is 0 Å². The Bertz CT molecular complexity index is 847. The number of hydrogen-bond acceptors (Lipinski definition) is 1. The van der Waals surface area contributed by atoms with E-state index >= 15 is 0 Å². The van der Waals surface area contributed by atoms with Crippen molar-refractivity contribution in [2.75, 3.05) is 0 Å². The molecule has 0 radical (unpaired) electrons. The zero-order chi connectivity index (χ0) is 19.1. The first-order valence-corrected chi connectivity index (χ1v) is 5.96. The number of primary amides is 1. The number of nitrogens with two attached hydrogens (primary N) is 1. The summed E-state index contributed by atoms with van der Waals surface area (Å²) in [5.41, 5.74) is 6.57. The number of benzene rings is 1. The molecule has 1 unspecified atom stereocenters. The summed E-state index contributed by atoms with van der Waals surface area (Å²) >= 11 is 6.12. The molecule has 3 heteroatoms. The molecule has 1 aromatic carbocycles. The standard InChI is InChI=1S/C15H16ClNO/c1-8-5-9-6-13-10(12(9)7-14(8)16)3-2-4-11(13)15(17)18/h5,7,11H,2-4,6H2,1H3,(H2,17,18)/i2D2,3D2,4D2,7D. The fourth-order valence-electron chi connectivity index (χ4n) is 2.39. The molecule has 0 bridgehead atoms. The minimum atomic E-state index is -3.02. The van der Waals surface area contributed by atoms with Crippen LogP contribution in [0.25, 0.3) is 5.57 Å². The quantitative estimate of drug-likeness (QED) is 0.835. The monoisotopic (exact) mass is 268 g/mol. The molecule has 1 aromatic rings. The minimum Gasteiger partial charge on any atom is -0.369 e. The molecule has 0 aliphatic heterocycles. The van der Waals surface area contributed by atoms with Crippen LogP contribution in [0.2, 0.25) is 5.02 Å². The Kier molecular flexibility index (Phi) is 1.43. The Morgan fingerprint density at radius 1 is 1.67 bits per heavy atom. The van der Waals surface area contributed by atoms with E-state index in [9.17, 15) is 4.79 Å². The van der Waals surface area contributed by atoms with E-state index in [-0.39, 0.29) is 34.2 Å². The molecule has 0 saturated carbocycles. The molecule has 2 nitrogen and oxygen atoms in total. The van der Waals surface area contributed by atoms with Crippen molar-refractivity contribution in [1.29, 1.82) is 0 Å². The van der Waals surface area contributed by atoms with Crippen molar-refractivity contribution in [3.8, 4) is 0 Å². The van der Waals surface area contributed by atoms with Gasteiger partial charge in [0.2, 0.25) is 5.91 Å². The fraction of sp³-hybridized carbons (Fsp3) is 0.400. The summed E-state index contributed by atoms with van der Waals surface area (Å²) in [4.78, 5) is 12.0. The van der Waals surface area contributed by atoms with Crippen molar-refractivity contribution in [3.63, 3.8) is 0 Å². The van der Waals surface area contributed by atoms with Crippen molar-refractivity contribution in [2.24, 2.45) is 11.7 Å². The number of rotatable bonds is 1. The van der Waals surface area contributed by atoms with E-state index in [4.69, 9.17) is 26.9 Å². The van der Waals surface area contributed by atoms with Gasteiger partial charge in [0.1, 0.15) is 0 Å². The average molecular weight is 269 g/mol. The zero-order valence-electron chi connectivity index (χ0n) is 16.7. The molecule has 2 aliphatic carbocycles. The van der Waals surface area contributed by atoms with Gasteiger partial charge in [-0.15, -0.1) is 0 Å². The predicted octanol–water partition coefficient (Wildman–Crippen LogP) is 3.24. The molecule has 0 fully saturated rings. The first-order valence-electron chi connectivity index (χ1n) is 9.08. The molecular formula is C15H16ClNO.